The van der Waals surface area contributed by atoms with Crippen LogP contribution in [0.15, 0.2) is 46.7 Å². The molecule has 1 aliphatic rings. The summed E-state index contributed by atoms with van der Waals surface area (Å²) in [6, 6.07) is 11.4. The van der Waals surface area contributed by atoms with Crippen LogP contribution in [0.5, 0.6) is 0 Å². The number of thiophene rings is 1. The van der Waals surface area contributed by atoms with Gasteiger partial charge in [-0.25, -0.2) is 13.1 Å². The van der Waals surface area contributed by atoms with E-state index in [2.05, 4.69) is 27.6 Å². The van der Waals surface area contributed by atoms with Gasteiger partial charge in [0.15, 0.2) is 0 Å². The van der Waals surface area contributed by atoms with E-state index in [0.29, 0.717) is 5.92 Å². The third-order valence-corrected chi connectivity index (χ3v) is 6.05. The first-order chi connectivity index (χ1) is 10.1. The molecule has 0 amide bonds. The summed E-state index contributed by atoms with van der Waals surface area (Å²) >= 11 is 1.74. The molecule has 1 aromatic carbocycles. The molecule has 6 heteroatoms. The van der Waals surface area contributed by atoms with Crippen molar-refractivity contribution >= 4 is 27.0 Å². The maximum atomic E-state index is 11.9. The Morgan fingerprint density at radius 2 is 2.05 bits per heavy atom. The molecule has 2 N–H and O–H groups in total. The average molecular weight is 322 g/mol. The lowest BCUT2D eigenvalue weighted by Gasteiger charge is -2.18. The lowest BCUT2D eigenvalue weighted by Crippen LogP contribution is -2.19. The highest BCUT2D eigenvalue weighted by atomic mass is 32.2. The minimum atomic E-state index is -3.40. The van der Waals surface area contributed by atoms with Gasteiger partial charge in [-0.1, -0.05) is 12.1 Å². The molecule has 0 saturated heterocycles. The topological polar surface area (TPSA) is 58.2 Å². The lowest BCUT2D eigenvalue weighted by atomic mass is 10.1. The molecular formula is C15H18N2O2S2. The van der Waals surface area contributed by atoms with Crippen molar-refractivity contribution in [2.75, 3.05) is 12.4 Å². The first kappa shape index (κ1) is 14.6. The van der Waals surface area contributed by atoms with Crippen molar-refractivity contribution in [1.82, 2.24) is 4.72 Å². The zero-order valence-corrected chi connectivity index (χ0v) is 13.4. The van der Waals surface area contributed by atoms with Crippen LogP contribution in [-0.2, 0) is 10.0 Å². The Labute approximate surface area is 129 Å². The maximum absolute atomic E-state index is 11.9. The fourth-order valence-electron chi connectivity index (χ4n) is 2.37. The number of nitrogens with one attached hydrogen (secondary N) is 2. The molecule has 0 spiro atoms. The maximum Gasteiger partial charge on any atom is 0.240 e. The van der Waals surface area contributed by atoms with Crippen molar-refractivity contribution in [1.29, 1.82) is 0 Å². The van der Waals surface area contributed by atoms with E-state index >= 15 is 0 Å². The van der Waals surface area contributed by atoms with Gasteiger partial charge in [0.05, 0.1) is 10.9 Å². The Balaban J connectivity index is 1.85. The fourth-order valence-corrected chi connectivity index (χ4v) is 4.01. The second-order valence-electron chi connectivity index (χ2n) is 5.21. The molecule has 1 saturated carbocycles. The summed E-state index contributed by atoms with van der Waals surface area (Å²) in [6.07, 6.45) is 2.45. The van der Waals surface area contributed by atoms with Gasteiger partial charge < -0.3 is 5.32 Å². The van der Waals surface area contributed by atoms with Gasteiger partial charge in [-0.3, -0.25) is 0 Å². The largest absolute Gasteiger partial charge is 0.377 e. The van der Waals surface area contributed by atoms with Crippen molar-refractivity contribution in [2.24, 2.45) is 5.92 Å². The number of hydrogen-bond donors (Lipinski definition) is 2. The van der Waals surface area contributed by atoms with Crippen LogP contribution in [-0.4, -0.2) is 15.5 Å². The van der Waals surface area contributed by atoms with E-state index in [1.54, 1.807) is 29.5 Å². The molecule has 1 heterocycles. The number of hydrogen-bond acceptors (Lipinski definition) is 4. The normalized spacial score (nSPS) is 16.6. The Hall–Kier alpha value is -1.37. The standard InChI is InChI=1S/C15H18N2O2S2/c1-16-21(18,19)13-5-2-4-12(10-13)17-15(11-7-8-11)14-6-3-9-20-14/h2-6,9-11,15-17H,7-8H2,1H3. The SMILES string of the molecule is CNS(=O)(=O)c1cccc(NC(c2cccs2)C2CC2)c1. The third kappa shape index (κ3) is 3.28. The van der Waals surface area contributed by atoms with Gasteiger partial charge in [-0.15, -0.1) is 11.3 Å². The third-order valence-electron chi connectivity index (χ3n) is 3.68. The number of anilines is 1. The molecule has 112 valence electrons. The van der Waals surface area contributed by atoms with Crippen molar-refractivity contribution in [3.63, 3.8) is 0 Å². The molecule has 3 rings (SSSR count). The van der Waals surface area contributed by atoms with Gasteiger partial charge in [0.2, 0.25) is 10.0 Å². The number of benzene rings is 1. The van der Waals surface area contributed by atoms with E-state index in [4.69, 9.17) is 0 Å². The Kier molecular flexibility index (Phi) is 4.01. The van der Waals surface area contributed by atoms with Gasteiger partial charge in [0.25, 0.3) is 0 Å². The molecule has 0 radical (unpaired) electrons. The molecule has 0 bridgehead atoms. The van der Waals surface area contributed by atoms with E-state index in [1.165, 1.54) is 24.8 Å². The minimum absolute atomic E-state index is 0.275. The summed E-state index contributed by atoms with van der Waals surface area (Å²) < 4.78 is 26.1. The Morgan fingerprint density at radius 1 is 1.24 bits per heavy atom. The second-order valence-corrected chi connectivity index (χ2v) is 8.08. The van der Waals surface area contributed by atoms with Gasteiger partial charge in [-0.05, 0) is 55.5 Å². The summed E-state index contributed by atoms with van der Waals surface area (Å²) in [5.41, 5.74) is 0.844. The Bertz CT molecular complexity index is 707. The molecule has 4 nitrogen and oxygen atoms in total. The van der Waals surface area contributed by atoms with Gasteiger partial charge in [0, 0.05) is 10.6 Å². The van der Waals surface area contributed by atoms with E-state index in [-0.39, 0.29) is 10.9 Å². The highest BCUT2D eigenvalue weighted by molar-refractivity contribution is 7.89. The van der Waals surface area contributed by atoms with E-state index in [0.717, 1.165) is 5.69 Å². The molecule has 2 aromatic rings. The summed E-state index contributed by atoms with van der Waals surface area (Å²) in [7, 11) is -1.98. The van der Waals surface area contributed by atoms with Gasteiger partial charge in [-0.2, -0.15) is 0 Å². The van der Waals surface area contributed by atoms with Crippen molar-refractivity contribution < 1.29 is 8.42 Å². The molecule has 21 heavy (non-hydrogen) atoms. The summed E-state index contributed by atoms with van der Waals surface area (Å²) in [5.74, 6) is 0.646. The van der Waals surface area contributed by atoms with Crippen LogP contribution in [0, 0.1) is 5.92 Å². The van der Waals surface area contributed by atoms with Crippen LogP contribution in [0.2, 0.25) is 0 Å². The van der Waals surface area contributed by atoms with E-state index < -0.39 is 10.0 Å². The van der Waals surface area contributed by atoms with Gasteiger partial charge in [0.1, 0.15) is 0 Å². The molecule has 0 aliphatic heterocycles. The zero-order chi connectivity index (χ0) is 14.9. The van der Waals surface area contributed by atoms with Crippen LogP contribution in [0.25, 0.3) is 0 Å². The van der Waals surface area contributed by atoms with Crippen LogP contribution >= 0.6 is 11.3 Å². The monoisotopic (exact) mass is 322 g/mol. The fraction of sp³-hybridized carbons (Fsp3) is 0.333. The highest BCUT2D eigenvalue weighted by Crippen LogP contribution is 2.44. The second kappa shape index (κ2) is 5.79. The van der Waals surface area contributed by atoms with Gasteiger partial charge >= 0.3 is 0 Å². The number of rotatable bonds is 6. The van der Waals surface area contributed by atoms with Crippen LogP contribution < -0.4 is 10.0 Å². The highest BCUT2D eigenvalue weighted by Gasteiger charge is 2.33. The molecular weight excluding hydrogens is 304 g/mol. The van der Waals surface area contributed by atoms with Crippen molar-refractivity contribution in [2.45, 2.75) is 23.8 Å². The van der Waals surface area contributed by atoms with Crippen molar-refractivity contribution in [3.05, 3.63) is 46.7 Å². The number of sulfonamides is 1. The smallest absolute Gasteiger partial charge is 0.240 e. The lowest BCUT2D eigenvalue weighted by molar-refractivity contribution is 0.588. The van der Waals surface area contributed by atoms with E-state index in [9.17, 15) is 8.42 Å². The van der Waals surface area contributed by atoms with Crippen LogP contribution in [0.1, 0.15) is 23.8 Å². The minimum Gasteiger partial charge on any atom is -0.377 e. The Morgan fingerprint density at radius 3 is 2.67 bits per heavy atom. The first-order valence-electron chi connectivity index (χ1n) is 6.94. The molecule has 1 unspecified atom stereocenters. The van der Waals surface area contributed by atoms with Crippen LogP contribution in [0.4, 0.5) is 5.69 Å². The quantitative estimate of drug-likeness (QED) is 0.858. The predicted molar refractivity (Wildman–Crippen MR) is 86.1 cm³/mol. The average Bonchev–Trinajstić information content (AvgIpc) is 3.19. The first-order valence-corrected chi connectivity index (χ1v) is 9.30. The summed E-state index contributed by atoms with van der Waals surface area (Å²) in [6.45, 7) is 0. The van der Waals surface area contributed by atoms with E-state index in [1.807, 2.05) is 6.07 Å². The van der Waals surface area contributed by atoms with Crippen LogP contribution in [0.3, 0.4) is 0 Å². The molecule has 1 aromatic heterocycles. The zero-order valence-electron chi connectivity index (χ0n) is 11.7. The predicted octanol–water partition coefficient (Wildman–Crippen LogP) is 3.22. The molecule has 1 aliphatic carbocycles. The van der Waals surface area contributed by atoms with Crippen molar-refractivity contribution in [3.8, 4) is 0 Å². The summed E-state index contributed by atoms with van der Waals surface area (Å²) in [4.78, 5) is 1.59. The molecule has 1 atom stereocenters. The summed E-state index contributed by atoms with van der Waals surface area (Å²) in [5, 5.41) is 5.58. The molecule has 1 fully saturated rings.